The second-order valence-electron chi connectivity index (χ2n) is 13.3. The minimum Gasteiger partial charge on any atom is -0.481 e. The lowest BCUT2D eigenvalue weighted by Crippen LogP contribution is -2.34. The van der Waals surface area contributed by atoms with Gasteiger partial charge in [-0.1, -0.05) is 0 Å². The Balaban J connectivity index is -0.000000205. The minimum absolute atomic E-state index is 0. The molecule has 1 aromatic rings. The molecule has 1 aromatic heterocycles. The lowest BCUT2D eigenvalue weighted by molar-refractivity contribution is -0.192. The standard InChI is InChI=1S/C11H16N2O3.C10H16F3NO3.C8H14O4.C2H4F3N.CO2.ClH/c1-11(2,3)16-10(15)5-4-9(14)13-7-6-12-8-13;1-9(2,3)17-8(16)5-4-7(15)14-6-10(11,12)13;1-8(2,3)12-7(11)5-4-6(9)10;3-2(4,5)1-6;2-1-3;/h6-8H,4-5H2,1-3H3;4-6H2,1-3H3,(H,14,15);4-5H2,1-3H3,(H,9,10);1,6H2;;1H. The van der Waals surface area contributed by atoms with Crippen LogP contribution in [0.15, 0.2) is 18.7 Å². The summed E-state index contributed by atoms with van der Waals surface area (Å²) in [6.45, 7) is 13.0. The van der Waals surface area contributed by atoms with E-state index < -0.39 is 66.1 Å². The van der Waals surface area contributed by atoms with E-state index in [-0.39, 0.29) is 69.0 Å². The summed E-state index contributed by atoms with van der Waals surface area (Å²) >= 11 is 0. The van der Waals surface area contributed by atoms with Crippen molar-refractivity contribution in [1.82, 2.24) is 14.9 Å². The van der Waals surface area contributed by atoms with Crippen LogP contribution in [-0.4, -0.2) is 98.7 Å². The van der Waals surface area contributed by atoms with E-state index in [1.54, 1.807) is 73.8 Å². The average molecular weight is 833 g/mol. The largest absolute Gasteiger partial charge is 0.481 e. The predicted octanol–water partition coefficient (Wildman–Crippen LogP) is 4.97. The number of nitrogens with one attached hydrogen (secondary N) is 1. The number of aromatic nitrogens is 2. The maximum absolute atomic E-state index is 11.7. The predicted molar refractivity (Wildman–Crippen MR) is 182 cm³/mol. The van der Waals surface area contributed by atoms with Crippen LogP contribution >= 0.6 is 12.4 Å². The van der Waals surface area contributed by atoms with Crippen molar-refractivity contribution >= 4 is 54.3 Å². The Morgan fingerprint density at radius 3 is 1.31 bits per heavy atom. The first-order chi connectivity index (χ1) is 24.2. The van der Waals surface area contributed by atoms with Gasteiger partial charge in [0.05, 0.1) is 32.2 Å². The van der Waals surface area contributed by atoms with Gasteiger partial charge in [0, 0.05) is 25.2 Å². The van der Waals surface area contributed by atoms with Crippen LogP contribution in [-0.2, 0) is 47.8 Å². The van der Waals surface area contributed by atoms with Crippen molar-refractivity contribution in [2.75, 3.05) is 13.1 Å². The molecule has 16 nitrogen and oxygen atoms in total. The van der Waals surface area contributed by atoms with Crippen LogP contribution in [0.3, 0.4) is 0 Å². The number of ether oxygens (including phenoxy) is 3. The number of carbonyl (C=O) groups is 6. The topological polar surface area (TPSA) is 240 Å². The van der Waals surface area contributed by atoms with Gasteiger partial charge in [-0.25, -0.2) is 4.98 Å². The Kier molecular flexibility index (Phi) is 31.3. The summed E-state index contributed by atoms with van der Waals surface area (Å²) in [6.07, 6.45) is -4.45. The third kappa shape index (κ3) is 53.9. The van der Waals surface area contributed by atoms with E-state index in [0.29, 0.717) is 0 Å². The van der Waals surface area contributed by atoms with E-state index in [9.17, 15) is 55.1 Å². The summed E-state index contributed by atoms with van der Waals surface area (Å²) in [5.74, 6) is -3.41. The van der Waals surface area contributed by atoms with E-state index in [0.717, 1.165) is 0 Å². The molecule has 0 spiro atoms. The van der Waals surface area contributed by atoms with Gasteiger partial charge in [-0.2, -0.15) is 35.9 Å². The normalized spacial score (nSPS) is 10.8. The summed E-state index contributed by atoms with van der Waals surface area (Å²) in [5.41, 5.74) is 2.48. The van der Waals surface area contributed by atoms with Crippen LogP contribution < -0.4 is 11.1 Å². The van der Waals surface area contributed by atoms with Crippen LogP contribution in [0.1, 0.15) is 106 Å². The van der Waals surface area contributed by atoms with E-state index in [1.165, 1.54) is 17.1 Å². The Morgan fingerprint density at radius 1 is 0.691 bits per heavy atom. The highest BCUT2D eigenvalue weighted by molar-refractivity contribution is 5.85. The Bertz CT molecular complexity index is 1310. The Morgan fingerprint density at radius 2 is 1.04 bits per heavy atom. The quantitative estimate of drug-likeness (QED) is 0.160. The minimum atomic E-state index is -4.44. The molecule has 1 amide bonds. The van der Waals surface area contributed by atoms with E-state index in [2.05, 4.69) is 10.7 Å². The number of aliphatic carboxylic acids is 1. The molecule has 320 valence electrons. The number of alkyl halides is 6. The Labute approximate surface area is 320 Å². The third-order valence-corrected chi connectivity index (χ3v) is 4.41. The summed E-state index contributed by atoms with van der Waals surface area (Å²) in [4.78, 5) is 85.9. The molecule has 0 saturated heterocycles. The highest BCUT2D eigenvalue weighted by atomic mass is 35.5. The van der Waals surface area contributed by atoms with Crippen molar-refractivity contribution in [3.63, 3.8) is 0 Å². The number of imidazole rings is 1. The molecule has 23 heteroatoms. The maximum Gasteiger partial charge on any atom is 0.405 e. The average Bonchev–Trinajstić information content (AvgIpc) is 3.50. The number of carboxylic acids is 1. The second kappa shape index (κ2) is 28.8. The molecule has 0 saturated carbocycles. The molecule has 0 aliphatic rings. The van der Waals surface area contributed by atoms with Crippen molar-refractivity contribution in [3.8, 4) is 0 Å². The molecule has 0 aliphatic carbocycles. The van der Waals surface area contributed by atoms with E-state index >= 15 is 0 Å². The monoisotopic (exact) mass is 832 g/mol. The van der Waals surface area contributed by atoms with Crippen LogP contribution in [0.5, 0.6) is 0 Å². The van der Waals surface area contributed by atoms with Gasteiger partial charge < -0.3 is 30.4 Å². The zero-order valence-electron chi connectivity index (χ0n) is 32.0. The highest BCUT2D eigenvalue weighted by Gasteiger charge is 2.28. The van der Waals surface area contributed by atoms with Gasteiger partial charge in [0.25, 0.3) is 0 Å². The first kappa shape index (κ1) is 59.7. The second-order valence-corrected chi connectivity index (χ2v) is 13.3. The lowest BCUT2D eigenvalue weighted by Gasteiger charge is -2.19. The van der Waals surface area contributed by atoms with Crippen LogP contribution in [0.2, 0.25) is 0 Å². The molecule has 0 unspecified atom stereocenters. The molecule has 0 atom stereocenters. The van der Waals surface area contributed by atoms with Gasteiger partial charge in [-0.05, 0) is 62.3 Å². The SMILES string of the molecule is CC(C)(C)OC(=O)CCC(=O)NCC(F)(F)F.CC(C)(C)OC(=O)CCC(=O)O.CC(C)(C)OC(=O)CCC(=O)n1ccnc1.Cl.NCC(F)(F)F.O=C=O. The van der Waals surface area contributed by atoms with Crippen molar-refractivity contribution in [2.24, 2.45) is 5.73 Å². The fourth-order valence-electron chi connectivity index (χ4n) is 2.63. The Hall–Kier alpha value is -4.56. The molecular weight excluding hydrogens is 782 g/mol. The lowest BCUT2D eigenvalue weighted by atomic mass is 10.2. The summed E-state index contributed by atoms with van der Waals surface area (Å²) in [6, 6.07) is 0. The number of halogens is 7. The summed E-state index contributed by atoms with van der Waals surface area (Å²) < 4.78 is 83.4. The van der Waals surface area contributed by atoms with Gasteiger partial charge in [0.1, 0.15) is 29.7 Å². The molecular formula is C32H51ClF6N4O12. The number of esters is 3. The zero-order chi connectivity index (χ0) is 43.6. The summed E-state index contributed by atoms with van der Waals surface area (Å²) in [7, 11) is 0. The number of nitrogens with zero attached hydrogens (tertiary/aromatic N) is 2. The number of nitrogens with two attached hydrogens (primary N) is 1. The van der Waals surface area contributed by atoms with Crippen LogP contribution in [0.4, 0.5) is 26.3 Å². The molecule has 0 bridgehead atoms. The van der Waals surface area contributed by atoms with Gasteiger partial charge in [-0.3, -0.25) is 33.3 Å². The highest BCUT2D eigenvalue weighted by Crippen LogP contribution is 2.13. The zero-order valence-corrected chi connectivity index (χ0v) is 32.8. The van der Waals surface area contributed by atoms with Crippen LogP contribution in [0.25, 0.3) is 0 Å². The number of carbonyl (C=O) groups excluding carboxylic acids is 7. The molecule has 0 aliphatic heterocycles. The van der Waals surface area contributed by atoms with Crippen molar-refractivity contribution in [3.05, 3.63) is 18.7 Å². The first-order valence-electron chi connectivity index (χ1n) is 15.6. The molecule has 55 heavy (non-hydrogen) atoms. The van der Waals surface area contributed by atoms with Crippen LogP contribution in [0, 0.1) is 0 Å². The molecule has 4 N–H and O–H groups in total. The summed E-state index contributed by atoms with van der Waals surface area (Å²) in [5, 5.41) is 9.92. The fourth-order valence-corrected chi connectivity index (χ4v) is 2.63. The first-order valence-corrected chi connectivity index (χ1v) is 15.6. The molecule has 1 rings (SSSR count). The molecule has 1 heterocycles. The van der Waals surface area contributed by atoms with Gasteiger partial charge in [0.15, 0.2) is 0 Å². The van der Waals surface area contributed by atoms with E-state index in [1.807, 2.05) is 0 Å². The molecule has 0 fully saturated rings. The molecule has 0 aromatic carbocycles. The van der Waals surface area contributed by atoms with E-state index in [4.69, 9.17) is 28.9 Å². The van der Waals surface area contributed by atoms with Crippen molar-refractivity contribution in [1.29, 1.82) is 0 Å². The van der Waals surface area contributed by atoms with Crippen molar-refractivity contribution < 1.29 is 84.0 Å². The number of hydrogen-bond donors (Lipinski definition) is 3. The van der Waals surface area contributed by atoms with Gasteiger partial charge in [0.2, 0.25) is 11.8 Å². The van der Waals surface area contributed by atoms with Gasteiger partial charge in [-0.15, -0.1) is 12.4 Å². The fraction of sp³-hybridized carbons (Fsp3) is 0.688. The third-order valence-electron chi connectivity index (χ3n) is 4.41. The maximum atomic E-state index is 11.7. The van der Waals surface area contributed by atoms with Gasteiger partial charge >= 0.3 is 42.4 Å². The van der Waals surface area contributed by atoms with Crippen molar-refractivity contribution in [2.45, 2.75) is 130 Å². The number of carboxylic acid groups (broad SMARTS) is 1. The molecule has 0 radical (unpaired) electrons. The number of amides is 1. The number of rotatable bonds is 10. The number of hydrogen-bond acceptors (Lipinski definition) is 13. The smallest absolute Gasteiger partial charge is 0.405 e.